The van der Waals surface area contributed by atoms with Crippen LogP contribution in [0.25, 0.3) is 33.4 Å². The van der Waals surface area contributed by atoms with E-state index in [-0.39, 0.29) is 5.69 Å². The molecule has 0 saturated carbocycles. The predicted molar refractivity (Wildman–Crippen MR) is 119 cm³/mol. The van der Waals surface area contributed by atoms with Gasteiger partial charge in [0.15, 0.2) is 0 Å². The number of aromatic amines is 1. The van der Waals surface area contributed by atoms with Gasteiger partial charge in [0, 0.05) is 48.4 Å². The first-order valence-electron chi connectivity index (χ1n) is 10.6. The SMILES string of the molecule is CN1CCN(c2ccc(-c3n[nH]c4cnc(-c5c(F)cccc5C(F)(F)F)cc34)cc2)CC1. The number of nitrogens with zero attached hydrogens (tertiary/aromatic N) is 4. The van der Waals surface area contributed by atoms with E-state index in [9.17, 15) is 17.6 Å². The van der Waals surface area contributed by atoms with Gasteiger partial charge in [-0.3, -0.25) is 10.1 Å². The van der Waals surface area contributed by atoms with Crippen LogP contribution >= 0.6 is 0 Å². The minimum Gasteiger partial charge on any atom is -0.369 e. The first kappa shape index (κ1) is 21.4. The van der Waals surface area contributed by atoms with Gasteiger partial charge < -0.3 is 9.80 Å². The molecule has 1 fully saturated rings. The summed E-state index contributed by atoms with van der Waals surface area (Å²) in [5, 5.41) is 7.78. The Hall–Kier alpha value is -3.46. The molecule has 170 valence electrons. The zero-order chi connectivity index (χ0) is 23.2. The van der Waals surface area contributed by atoms with E-state index in [1.54, 1.807) is 0 Å². The van der Waals surface area contributed by atoms with E-state index in [2.05, 4.69) is 32.0 Å². The Morgan fingerprint density at radius 1 is 0.970 bits per heavy atom. The first-order valence-corrected chi connectivity index (χ1v) is 10.6. The average molecular weight is 455 g/mol. The summed E-state index contributed by atoms with van der Waals surface area (Å²) in [5.74, 6) is -0.974. The summed E-state index contributed by atoms with van der Waals surface area (Å²) in [6.45, 7) is 3.88. The fourth-order valence-electron chi connectivity index (χ4n) is 4.19. The summed E-state index contributed by atoms with van der Waals surface area (Å²) in [7, 11) is 2.10. The zero-order valence-electron chi connectivity index (χ0n) is 17.8. The molecule has 5 rings (SSSR count). The fourth-order valence-corrected chi connectivity index (χ4v) is 4.19. The van der Waals surface area contributed by atoms with Gasteiger partial charge in [-0.2, -0.15) is 18.3 Å². The topological polar surface area (TPSA) is 48.0 Å². The van der Waals surface area contributed by atoms with Crippen LogP contribution in [0.15, 0.2) is 54.7 Å². The second kappa shape index (κ2) is 8.15. The third-order valence-electron chi connectivity index (χ3n) is 6.03. The molecular formula is C24H21F4N5. The second-order valence-corrected chi connectivity index (χ2v) is 8.18. The zero-order valence-corrected chi connectivity index (χ0v) is 17.8. The number of halogens is 4. The molecule has 1 aliphatic rings. The van der Waals surface area contributed by atoms with Gasteiger partial charge in [-0.25, -0.2) is 4.39 Å². The number of likely N-dealkylation sites (N-methyl/N-ethyl adjacent to an activating group) is 1. The summed E-state index contributed by atoms with van der Waals surface area (Å²) in [5.41, 5.74) is 1.33. The van der Waals surface area contributed by atoms with Crippen molar-refractivity contribution in [3.05, 3.63) is 66.1 Å². The van der Waals surface area contributed by atoms with Crippen molar-refractivity contribution in [2.24, 2.45) is 0 Å². The summed E-state index contributed by atoms with van der Waals surface area (Å²) >= 11 is 0. The summed E-state index contributed by atoms with van der Waals surface area (Å²) < 4.78 is 55.0. The largest absolute Gasteiger partial charge is 0.417 e. The van der Waals surface area contributed by atoms with Crippen LogP contribution in [-0.2, 0) is 6.18 Å². The molecule has 33 heavy (non-hydrogen) atoms. The van der Waals surface area contributed by atoms with Crippen LogP contribution in [0.3, 0.4) is 0 Å². The van der Waals surface area contributed by atoms with Crippen LogP contribution in [0.1, 0.15) is 5.56 Å². The molecule has 0 atom stereocenters. The number of pyridine rings is 1. The molecule has 4 aromatic rings. The Bertz CT molecular complexity index is 1290. The number of nitrogens with one attached hydrogen (secondary N) is 1. The van der Waals surface area contributed by atoms with Crippen LogP contribution in [0.5, 0.6) is 0 Å². The van der Waals surface area contributed by atoms with Crippen LogP contribution in [0, 0.1) is 5.82 Å². The number of hydrogen-bond acceptors (Lipinski definition) is 4. The van der Waals surface area contributed by atoms with Crippen molar-refractivity contribution in [3.8, 4) is 22.5 Å². The Kier molecular flexibility index (Phi) is 5.28. The maximum atomic E-state index is 14.5. The quantitative estimate of drug-likeness (QED) is 0.432. The Labute approximate surface area is 187 Å². The number of fused-ring (bicyclic) bond motifs is 1. The molecule has 0 spiro atoms. The normalized spacial score (nSPS) is 15.4. The van der Waals surface area contributed by atoms with Crippen molar-refractivity contribution >= 4 is 16.6 Å². The molecule has 0 unspecified atom stereocenters. The van der Waals surface area contributed by atoms with Crippen molar-refractivity contribution in [2.45, 2.75) is 6.18 Å². The molecule has 1 aliphatic heterocycles. The third-order valence-corrected chi connectivity index (χ3v) is 6.03. The second-order valence-electron chi connectivity index (χ2n) is 8.18. The summed E-state index contributed by atoms with van der Waals surface area (Å²) in [6, 6.07) is 12.3. The lowest BCUT2D eigenvalue weighted by atomic mass is 10.0. The molecule has 5 nitrogen and oxygen atoms in total. The van der Waals surface area contributed by atoms with Gasteiger partial charge in [0.1, 0.15) is 11.5 Å². The van der Waals surface area contributed by atoms with Gasteiger partial charge in [-0.1, -0.05) is 18.2 Å². The number of alkyl halides is 3. The van der Waals surface area contributed by atoms with Crippen LogP contribution in [0.4, 0.5) is 23.2 Å². The predicted octanol–water partition coefficient (Wildman–Crippen LogP) is 5.20. The highest BCUT2D eigenvalue weighted by Crippen LogP contribution is 2.39. The summed E-state index contributed by atoms with van der Waals surface area (Å²) in [6.07, 6.45) is -3.32. The number of benzene rings is 2. The van der Waals surface area contributed by atoms with E-state index in [1.165, 1.54) is 12.3 Å². The van der Waals surface area contributed by atoms with Crippen LogP contribution in [0.2, 0.25) is 0 Å². The van der Waals surface area contributed by atoms with E-state index in [1.807, 2.05) is 24.3 Å². The molecular weight excluding hydrogens is 434 g/mol. The lowest BCUT2D eigenvalue weighted by Crippen LogP contribution is -2.44. The van der Waals surface area contributed by atoms with E-state index < -0.39 is 23.1 Å². The number of rotatable bonds is 3. The smallest absolute Gasteiger partial charge is 0.369 e. The molecule has 0 radical (unpaired) electrons. The fraction of sp³-hybridized carbons (Fsp3) is 0.250. The number of aromatic nitrogens is 3. The molecule has 0 amide bonds. The lowest BCUT2D eigenvalue weighted by molar-refractivity contribution is -0.137. The van der Waals surface area contributed by atoms with E-state index >= 15 is 0 Å². The Morgan fingerprint density at radius 2 is 1.70 bits per heavy atom. The molecule has 0 aliphatic carbocycles. The van der Waals surface area contributed by atoms with E-state index in [4.69, 9.17) is 0 Å². The van der Waals surface area contributed by atoms with Gasteiger partial charge in [-0.15, -0.1) is 0 Å². The van der Waals surface area contributed by atoms with E-state index in [0.717, 1.165) is 55.6 Å². The monoisotopic (exact) mass is 455 g/mol. The van der Waals surface area contributed by atoms with Crippen molar-refractivity contribution in [1.82, 2.24) is 20.1 Å². The standard InChI is InChI=1S/C24H21F4N5/c1-32-9-11-33(12-10-32)16-7-5-15(6-8-16)23-17-13-20(29-14-21(17)30-31-23)22-18(24(26,27)28)3-2-4-19(22)25/h2-8,13-14H,9-12H2,1H3,(H,30,31). The number of hydrogen-bond donors (Lipinski definition) is 1. The maximum absolute atomic E-state index is 14.5. The molecule has 3 heterocycles. The first-order chi connectivity index (χ1) is 15.8. The minimum absolute atomic E-state index is 0.0929. The van der Waals surface area contributed by atoms with Gasteiger partial charge in [-0.05, 0) is 37.4 Å². The van der Waals surface area contributed by atoms with Gasteiger partial charge in [0.2, 0.25) is 0 Å². The minimum atomic E-state index is -4.70. The lowest BCUT2D eigenvalue weighted by Gasteiger charge is -2.34. The molecule has 1 saturated heterocycles. The highest BCUT2D eigenvalue weighted by atomic mass is 19.4. The average Bonchev–Trinajstić information content (AvgIpc) is 3.22. The van der Waals surface area contributed by atoms with E-state index in [0.29, 0.717) is 16.6 Å². The molecule has 0 bridgehead atoms. The van der Waals surface area contributed by atoms with Crippen molar-refractivity contribution < 1.29 is 17.6 Å². The van der Waals surface area contributed by atoms with Crippen LogP contribution in [-0.4, -0.2) is 53.3 Å². The number of H-pyrrole nitrogens is 1. The summed E-state index contributed by atoms with van der Waals surface area (Å²) in [4.78, 5) is 8.67. The van der Waals surface area contributed by atoms with Gasteiger partial charge >= 0.3 is 6.18 Å². The number of anilines is 1. The van der Waals surface area contributed by atoms with Gasteiger partial charge in [0.05, 0.1) is 23.0 Å². The highest BCUT2D eigenvalue weighted by Gasteiger charge is 2.35. The van der Waals surface area contributed by atoms with Crippen molar-refractivity contribution in [3.63, 3.8) is 0 Å². The highest BCUT2D eigenvalue weighted by molar-refractivity contribution is 5.94. The third kappa shape index (κ3) is 4.04. The Morgan fingerprint density at radius 3 is 2.39 bits per heavy atom. The van der Waals surface area contributed by atoms with Crippen molar-refractivity contribution in [2.75, 3.05) is 38.1 Å². The van der Waals surface area contributed by atoms with Crippen molar-refractivity contribution in [1.29, 1.82) is 0 Å². The molecule has 1 N–H and O–H groups in total. The van der Waals surface area contributed by atoms with Gasteiger partial charge in [0.25, 0.3) is 0 Å². The Balaban J connectivity index is 1.53. The molecule has 2 aromatic carbocycles. The van der Waals surface area contributed by atoms with Crippen LogP contribution < -0.4 is 4.90 Å². The number of piperazine rings is 1. The molecule has 2 aromatic heterocycles. The molecule has 9 heteroatoms. The maximum Gasteiger partial charge on any atom is 0.417 e.